The van der Waals surface area contributed by atoms with Crippen molar-refractivity contribution in [3.8, 4) is 22.1 Å². The summed E-state index contributed by atoms with van der Waals surface area (Å²) in [6, 6.07) is 10.9. The minimum atomic E-state index is -3.91. The van der Waals surface area contributed by atoms with Crippen molar-refractivity contribution in [1.29, 1.82) is 0 Å². The average Bonchev–Trinajstić information content (AvgIpc) is 3.08. The molecule has 0 amide bonds. The van der Waals surface area contributed by atoms with Crippen LogP contribution in [0.2, 0.25) is 0 Å². The molecule has 1 N–H and O–H groups in total. The summed E-state index contributed by atoms with van der Waals surface area (Å²) in [5.74, 6) is 0.467. The highest BCUT2D eigenvalue weighted by molar-refractivity contribution is 7.89. The van der Waals surface area contributed by atoms with Crippen molar-refractivity contribution in [1.82, 2.24) is 9.71 Å². The van der Waals surface area contributed by atoms with E-state index in [2.05, 4.69) is 9.71 Å². The first-order valence-electron chi connectivity index (χ1n) is 8.78. The van der Waals surface area contributed by atoms with Gasteiger partial charge in [-0.3, -0.25) is 0 Å². The van der Waals surface area contributed by atoms with Gasteiger partial charge in [0.25, 0.3) is 0 Å². The summed E-state index contributed by atoms with van der Waals surface area (Å²) < 4.78 is 51.4. The second-order valence-electron chi connectivity index (χ2n) is 6.18. The molecule has 154 valence electrons. The number of aryl methyl sites for hydroxylation is 1. The van der Waals surface area contributed by atoms with Crippen molar-refractivity contribution < 1.29 is 22.3 Å². The number of ether oxygens (including phenoxy) is 2. The maximum atomic E-state index is 13.8. The highest BCUT2D eigenvalue weighted by Crippen LogP contribution is 2.35. The van der Waals surface area contributed by atoms with Crippen LogP contribution in [0, 0.1) is 12.7 Å². The van der Waals surface area contributed by atoms with Gasteiger partial charge in [-0.2, -0.15) is 0 Å². The molecule has 9 heteroatoms. The second-order valence-corrected chi connectivity index (χ2v) is 8.99. The molecule has 0 aliphatic rings. The minimum absolute atomic E-state index is 0.144. The third-order valence-electron chi connectivity index (χ3n) is 4.29. The first-order chi connectivity index (χ1) is 13.9. The molecule has 29 heavy (non-hydrogen) atoms. The molecule has 0 saturated carbocycles. The lowest BCUT2D eigenvalue weighted by Crippen LogP contribution is -2.26. The highest BCUT2D eigenvalue weighted by atomic mass is 32.2. The molecular formula is C20H21FN2O4S2. The van der Waals surface area contributed by atoms with Gasteiger partial charge in [-0.1, -0.05) is 12.1 Å². The Balaban J connectivity index is 1.72. The third-order valence-corrected chi connectivity index (χ3v) is 7.05. The van der Waals surface area contributed by atoms with Crippen LogP contribution in [-0.4, -0.2) is 34.2 Å². The molecule has 0 radical (unpaired) electrons. The van der Waals surface area contributed by atoms with E-state index in [9.17, 15) is 12.8 Å². The number of nitrogens with zero attached hydrogens (tertiary/aromatic N) is 1. The summed E-state index contributed by atoms with van der Waals surface area (Å²) in [6.45, 7) is 2.02. The Labute approximate surface area is 173 Å². The van der Waals surface area contributed by atoms with Crippen LogP contribution in [0.5, 0.6) is 11.5 Å². The molecule has 0 unspecified atom stereocenters. The van der Waals surface area contributed by atoms with E-state index in [-0.39, 0.29) is 11.4 Å². The monoisotopic (exact) mass is 436 g/mol. The lowest BCUT2D eigenvalue weighted by Gasteiger charge is -2.08. The maximum Gasteiger partial charge on any atom is 0.243 e. The molecule has 3 rings (SSSR count). The minimum Gasteiger partial charge on any atom is -0.493 e. The van der Waals surface area contributed by atoms with Crippen LogP contribution < -0.4 is 14.2 Å². The van der Waals surface area contributed by atoms with Crippen molar-refractivity contribution in [3.63, 3.8) is 0 Å². The maximum absolute atomic E-state index is 13.8. The SMILES string of the molecule is COc1ccc(-c2nc(C)c(CCNS(=O)(=O)c3ccccc3F)s2)cc1OC. The number of nitrogens with one attached hydrogen (secondary N) is 1. The predicted octanol–water partition coefficient (Wildman–Crippen LogP) is 3.80. The summed E-state index contributed by atoms with van der Waals surface area (Å²) in [7, 11) is -0.761. The summed E-state index contributed by atoms with van der Waals surface area (Å²) >= 11 is 1.48. The van der Waals surface area contributed by atoms with E-state index in [1.807, 2.05) is 25.1 Å². The molecule has 0 bridgehead atoms. The molecule has 0 fully saturated rings. The van der Waals surface area contributed by atoms with Crippen LogP contribution in [0.25, 0.3) is 10.6 Å². The summed E-state index contributed by atoms with van der Waals surface area (Å²) in [5, 5.41) is 0.801. The van der Waals surface area contributed by atoms with Crippen LogP contribution in [0.3, 0.4) is 0 Å². The number of aromatic nitrogens is 1. The van der Waals surface area contributed by atoms with Gasteiger partial charge in [0.15, 0.2) is 11.5 Å². The number of rotatable bonds is 8. The quantitative estimate of drug-likeness (QED) is 0.581. The Kier molecular flexibility index (Phi) is 6.51. The van der Waals surface area contributed by atoms with Crippen molar-refractivity contribution >= 4 is 21.4 Å². The lowest BCUT2D eigenvalue weighted by atomic mass is 10.2. The molecule has 2 aromatic carbocycles. The first kappa shape index (κ1) is 21.2. The summed E-state index contributed by atoms with van der Waals surface area (Å²) in [6.07, 6.45) is 0.449. The van der Waals surface area contributed by atoms with Gasteiger partial charge in [0.1, 0.15) is 15.7 Å². The van der Waals surface area contributed by atoms with Gasteiger partial charge in [0.2, 0.25) is 10.0 Å². The van der Waals surface area contributed by atoms with Crippen LogP contribution in [0.1, 0.15) is 10.6 Å². The van der Waals surface area contributed by atoms with Gasteiger partial charge < -0.3 is 9.47 Å². The number of thiazole rings is 1. The molecular weight excluding hydrogens is 415 g/mol. The number of halogens is 1. The van der Waals surface area contributed by atoms with E-state index in [4.69, 9.17) is 9.47 Å². The molecule has 1 heterocycles. The average molecular weight is 437 g/mol. The second kappa shape index (κ2) is 8.89. The predicted molar refractivity (Wildman–Crippen MR) is 111 cm³/mol. The standard InChI is InChI=1S/C20H21FN2O4S2/c1-13-18(10-11-22-29(24,25)19-7-5-4-6-15(19)21)28-20(23-13)14-8-9-16(26-2)17(12-14)27-3/h4-9,12,22H,10-11H2,1-3H3. The first-order valence-corrected chi connectivity index (χ1v) is 11.1. The van der Waals surface area contributed by atoms with Crippen LogP contribution >= 0.6 is 11.3 Å². The molecule has 0 aliphatic carbocycles. The van der Waals surface area contributed by atoms with Crippen LogP contribution in [0.4, 0.5) is 4.39 Å². The Morgan fingerprint density at radius 2 is 1.83 bits per heavy atom. The fraction of sp³-hybridized carbons (Fsp3) is 0.250. The van der Waals surface area contributed by atoms with Crippen LogP contribution in [-0.2, 0) is 16.4 Å². The van der Waals surface area contributed by atoms with E-state index < -0.39 is 15.8 Å². The van der Waals surface area contributed by atoms with Crippen LogP contribution in [0.15, 0.2) is 47.4 Å². The van der Waals surface area contributed by atoms with Gasteiger partial charge in [-0.05, 0) is 43.7 Å². The van der Waals surface area contributed by atoms with Gasteiger partial charge in [-0.15, -0.1) is 11.3 Å². The Hall–Kier alpha value is -2.49. The number of sulfonamides is 1. The summed E-state index contributed by atoms with van der Waals surface area (Å²) in [5.41, 5.74) is 1.71. The summed E-state index contributed by atoms with van der Waals surface area (Å²) in [4.78, 5) is 5.18. The number of hydrogen-bond donors (Lipinski definition) is 1. The largest absolute Gasteiger partial charge is 0.493 e. The van der Waals surface area contributed by atoms with E-state index in [1.54, 1.807) is 14.2 Å². The van der Waals surface area contributed by atoms with Gasteiger partial charge in [0.05, 0.1) is 19.9 Å². The Morgan fingerprint density at radius 3 is 2.52 bits per heavy atom. The smallest absolute Gasteiger partial charge is 0.243 e. The zero-order chi connectivity index (χ0) is 21.0. The van der Waals surface area contributed by atoms with Gasteiger partial charge in [0, 0.05) is 17.0 Å². The molecule has 3 aromatic rings. The van der Waals surface area contributed by atoms with Crippen molar-refractivity contribution in [2.75, 3.05) is 20.8 Å². The fourth-order valence-electron chi connectivity index (χ4n) is 2.79. The molecule has 6 nitrogen and oxygen atoms in total. The molecule has 1 aromatic heterocycles. The third kappa shape index (κ3) is 4.75. The molecule has 0 saturated heterocycles. The van der Waals surface area contributed by atoms with E-state index in [0.717, 1.165) is 27.2 Å². The highest BCUT2D eigenvalue weighted by Gasteiger charge is 2.18. The lowest BCUT2D eigenvalue weighted by molar-refractivity contribution is 0.355. The number of benzene rings is 2. The Morgan fingerprint density at radius 1 is 1.10 bits per heavy atom. The fourth-order valence-corrected chi connectivity index (χ4v) is 4.96. The number of methoxy groups -OCH3 is 2. The van der Waals surface area contributed by atoms with Crippen molar-refractivity contribution in [2.24, 2.45) is 0 Å². The topological polar surface area (TPSA) is 77.5 Å². The molecule has 0 spiro atoms. The molecule has 0 atom stereocenters. The van der Waals surface area contributed by atoms with Crippen molar-refractivity contribution in [3.05, 3.63) is 58.9 Å². The number of hydrogen-bond acceptors (Lipinski definition) is 6. The zero-order valence-corrected chi connectivity index (χ0v) is 17.9. The van der Waals surface area contributed by atoms with E-state index in [1.165, 1.54) is 29.5 Å². The van der Waals surface area contributed by atoms with Crippen molar-refractivity contribution in [2.45, 2.75) is 18.2 Å². The normalized spacial score (nSPS) is 11.4. The van der Waals surface area contributed by atoms with Gasteiger partial charge >= 0.3 is 0 Å². The van der Waals surface area contributed by atoms with Gasteiger partial charge in [-0.25, -0.2) is 22.5 Å². The van der Waals surface area contributed by atoms with E-state index in [0.29, 0.717) is 17.9 Å². The zero-order valence-electron chi connectivity index (χ0n) is 16.2. The molecule has 0 aliphatic heterocycles. The Bertz CT molecular complexity index is 1110. The van der Waals surface area contributed by atoms with E-state index >= 15 is 0 Å².